The second-order valence-electron chi connectivity index (χ2n) is 5.56. The van der Waals surface area contributed by atoms with E-state index in [1.54, 1.807) is 0 Å². The molecule has 1 aliphatic rings. The average Bonchev–Trinajstić information content (AvgIpc) is 3.34. The van der Waals surface area contributed by atoms with Gasteiger partial charge in [-0.15, -0.1) is 0 Å². The van der Waals surface area contributed by atoms with E-state index in [-0.39, 0.29) is 0 Å². The zero-order chi connectivity index (χ0) is 14.8. The van der Waals surface area contributed by atoms with Crippen molar-refractivity contribution in [3.63, 3.8) is 0 Å². The van der Waals surface area contributed by atoms with E-state index < -0.39 is 0 Å². The van der Waals surface area contributed by atoms with E-state index in [9.17, 15) is 0 Å². The first kappa shape index (κ1) is 13.9. The van der Waals surface area contributed by atoms with Crippen molar-refractivity contribution >= 4 is 17.3 Å². The minimum atomic E-state index is 0.541. The van der Waals surface area contributed by atoms with Crippen molar-refractivity contribution in [1.82, 2.24) is 9.97 Å². The average molecular weight is 282 g/mol. The number of hydrogen-bond donors (Lipinski definition) is 2. The fourth-order valence-electron chi connectivity index (χ4n) is 2.50. The number of hydrogen-bond acceptors (Lipinski definition) is 4. The lowest BCUT2D eigenvalue weighted by atomic mass is 10.1. The minimum Gasteiger partial charge on any atom is -0.373 e. The second kappa shape index (κ2) is 5.72. The Hall–Kier alpha value is -2.10. The van der Waals surface area contributed by atoms with Crippen molar-refractivity contribution in [1.29, 1.82) is 0 Å². The van der Waals surface area contributed by atoms with Gasteiger partial charge in [0.05, 0.1) is 0 Å². The maximum absolute atomic E-state index is 4.75. The first-order valence-corrected chi connectivity index (χ1v) is 7.64. The highest BCUT2D eigenvalue weighted by atomic mass is 15.1. The molecule has 1 aromatic heterocycles. The van der Waals surface area contributed by atoms with Gasteiger partial charge < -0.3 is 10.6 Å². The summed E-state index contributed by atoms with van der Waals surface area (Å²) in [6.07, 6.45) is 3.41. The molecule has 4 heteroatoms. The molecule has 1 fully saturated rings. The van der Waals surface area contributed by atoms with Gasteiger partial charge in [0.2, 0.25) is 0 Å². The Morgan fingerprint density at radius 1 is 1.14 bits per heavy atom. The molecular formula is C17H22N4. The molecule has 2 aromatic rings. The highest BCUT2D eigenvalue weighted by molar-refractivity contribution is 5.67. The van der Waals surface area contributed by atoms with Crippen LogP contribution < -0.4 is 10.6 Å². The standard InChI is InChI=1S/C17H22N4/c1-4-12-7-5-6-8-14(12)19-16-11(2)15(18-3)20-17(21-16)13-9-10-13/h5-8,13H,4,9-10H2,1-3H3,(H2,18,19,20,21). The van der Waals surface area contributed by atoms with E-state index in [2.05, 4.69) is 53.7 Å². The maximum atomic E-state index is 4.75. The fourth-order valence-corrected chi connectivity index (χ4v) is 2.50. The van der Waals surface area contributed by atoms with Gasteiger partial charge in [-0.25, -0.2) is 9.97 Å². The minimum absolute atomic E-state index is 0.541. The Morgan fingerprint density at radius 3 is 2.52 bits per heavy atom. The van der Waals surface area contributed by atoms with Gasteiger partial charge in [-0.3, -0.25) is 0 Å². The van der Waals surface area contributed by atoms with Crippen LogP contribution in [0, 0.1) is 6.92 Å². The van der Waals surface area contributed by atoms with Crippen LogP contribution in [-0.2, 0) is 6.42 Å². The van der Waals surface area contributed by atoms with Crippen molar-refractivity contribution in [3.05, 3.63) is 41.2 Å². The van der Waals surface area contributed by atoms with Crippen LogP contribution in [0.15, 0.2) is 24.3 Å². The summed E-state index contributed by atoms with van der Waals surface area (Å²) in [5, 5.41) is 6.68. The number of benzene rings is 1. The number of nitrogens with zero attached hydrogens (tertiary/aromatic N) is 2. The molecule has 0 spiro atoms. The van der Waals surface area contributed by atoms with E-state index in [1.165, 1.54) is 18.4 Å². The Morgan fingerprint density at radius 2 is 1.86 bits per heavy atom. The monoisotopic (exact) mass is 282 g/mol. The van der Waals surface area contributed by atoms with Crippen molar-refractivity contribution in [2.75, 3.05) is 17.7 Å². The van der Waals surface area contributed by atoms with Gasteiger partial charge in [-0.05, 0) is 37.8 Å². The molecule has 0 amide bonds. The molecule has 0 saturated heterocycles. The largest absolute Gasteiger partial charge is 0.373 e. The molecular weight excluding hydrogens is 260 g/mol. The third kappa shape index (κ3) is 2.84. The van der Waals surface area contributed by atoms with Crippen molar-refractivity contribution in [2.24, 2.45) is 0 Å². The number of rotatable bonds is 5. The molecule has 0 aliphatic heterocycles. The van der Waals surface area contributed by atoms with Crippen LogP contribution in [0.3, 0.4) is 0 Å². The third-order valence-corrected chi connectivity index (χ3v) is 3.99. The fraction of sp³-hybridized carbons (Fsp3) is 0.412. The summed E-state index contributed by atoms with van der Waals surface area (Å²) in [5.74, 6) is 3.33. The van der Waals surface area contributed by atoms with E-state index in [1.807, 2.05) is 7.05 Å². The predicted molar refractivity (Wildman–Crippen MR) is 87.4 cm³/mol. The SMILES string of the molecule is CCc1ccccc1Nc1nc(C2CC2)nc(NC)c1C. The Labute approximate surface area is 126 Å². The van der Waals surface area contributed by atoms with Crippen LogP contribution in [0.4, 0.5) is 17.3 Å². The Balaban J connectivity index is 1.99. The Kier molecular flexibility index (Phi) is 3.78. The molecule has 0 radical (unpaired) electrons. The lowest BCUT2D eigenvalue weighted by molar-refractivity contribution is 0.923. The van der Waals surface area contributed by atoms with Crippen LogP contribution in [-0.4, -0.2) is 17.0 Å². The van der Waals surface area contributed by atoms with Crippen LogP contribution >= 0.6 is 0 Å². The highest BCUT2D eigenvalue weighted by Crippen LogP contribution is 2.40. The molecule has 2 N–H and O–H groups in total. The summed E-state index contributed by atoms with van der Waals surface area (Å²) in [7, 11) is 1.91. The number of nitrogens with one attached hydrogen (secondary N) is 2. The van der Waals surface area contributed by atoms with E-state index in [0.717, 1.165) is 35.1 Å². The summed E-state index contributed by atoms with van der Waals surface area (Å²) in [5.41, 5.74) is 3.49. The molecule has 1 aromatic carbocycles. The first-order chi connectivity index (χ1) is 10.2. The normalized spacial score (nSPS) is 14.0. The van der Waals surface area contributed by atoms with Gasteiger partial charge >= 0.3 is 0 Å². The lowest BCUT2D eigenvalue weighted by Crippen LogP contribution is -2.07. The van der Waals surface area contributed by atoms with Gasteiger partial charge in [-0.2, -0.15) is 0 Å². The Bertz CT molecular complexity index is 647. The predicted octanol–water partition coefficient (Wildman–Crippen LogP) is 4.01. The molecule has 1 heterocycles. The van der Waals surface area contributed by atoms with Crippen molar-refractivity contribution < 1.29 is 0 Å². The van der Waals surface area contributed by atoms with Gasteiger partial charge in [0.1, 0.15) is 17.5 Å². The number of aromatic nitrogens is 2. The highest BCUT2D eigenvalue weighted by Gasteiger charge is 2.28. The molecule has 0 atom stereocenters. The molecule has 21 heavy (non-hydrogen) atoms. The van der Waals surface area contributed by atoms with Crippen LogP contribution in [0.2, 0.25) is 0 Å². The van der Waals surface area contributed by atoms with Crippen LogP contribution in [0.1, 0.15) is 42.6 Å². The van der Waals surface area contributed by atoms with E-state index in [4.69, 9.17) is 4.98 Å². The molecule has 0 bridgehead atoms. The maximum Gasteiger partial charge on any atom is 0.139 e. The van der Waals surface area contributed by atoms with Gasteiger partial charge in [0.15, 0.2) is 0 Å². The quantitative estimate of drug-likeness (QED) is 0.870. The van der Waals surface area contributed by atoms with Crippen LogP contribution in [0.25, 0.3) is 0 Å². The summed E-state index contributed by atoms with van der Waals surface area (Å²) in [6.45, 7) is 4.22. The van der Waals surface area contributed by atoms with Crippen molar-refractivity contribution in [2.45, 2.75) is 39.0 Å². The molecule has 4 nitrogen and oxygen atoms in total. The summed E-state index contributed by atoms with van der Waals surface area (Å²) in [6, 6.07) is 8.39. The van der Waals surface area contributed by atoms with Gasteiger partial charge in [0, 0.05) is 24.2 Å². The van der Waals surface area contributed by atoms with Crippen molar-refractivity contribution in [3.8, 4) is 0 Å². The third-order valence-electron chi connectivity index (χ3n) is 3.99. The van der Waals surface area contributed by atoms with E-state index >= 15 is 0 Å². The molecule has 1 aliphatic carbocycles. The smallest absolute Gasteiger partial charge is 0.139 e. The van der Waals surface area contributed by atoms with Gasteiger partial charge in [-0.1, -0.05) is 25.1 Å². The summed E-state index contributed by atoms with van der Waals surface area (Å²) < 4.78 is 0. The zero-order valence-corrected chi connectivity index (χ0v) is 12.9. The molecule has 3 rings (SSSR count). The second-order valence-corrected chi connectivity index (χ2v) is 5.56. The number of para-hydroxylation sites is 1. The number of aryl methyl sites for hydroxylation is 1. The van der Waals surface area contributed by atoms with Crippen LogP contribution in [0.5, 0.6) is 0 Å². The van der Waals surface area contributed by atoms with Gasteiger partial charge in [0.25, 0.3) is 0 Å². The molecule has 0 unspecified atom stereocenters. The number of anilines is 3. The topological polar surface area (TPSA) is 49.8 Å². The summed E-state index contributed by atoms with van der Waals surface area (Å²) >= 11 is 0. The van der Waals surface area contributed by atoms with E-state index in [0.29, 0.717) is 5.92 Å². The first-order valence-electron chi connectivity index (χ1n) is 7.64. The summed E-state index contributed by atoms with van der Waals surface area (Å²) in [4.78, 5) is 9.39. The molecule has 1 saturated carbocycles. The molecule has 110 valence electrons. The lowest BCUT2D eigenvalue weighted by Gasteiger charge is -2.15. The zero-order valence-electron chi connectivity index (χ0n) is 12.9.